The number of amides is 1. The second-order valence-corrected chi connectivity index (χ2v) is 3.53. The van der Waals surface area contributed by atoms with Crippen molar-refractivity contribution in [2.24, 2.45) is 23.9 Å². The van der Waals surface area contributed by atoms with Crippen LogP contribution >= 0.6 is 0 Å². The van der Waals surface area contributed by atoms with Gasteiger partial charge in [-0.2, -0.15) is 0 Å². The first-order valence-corrected chi connectivity index (χ1v) is 4.78. The number of aryl methyl sites for hydroxylation is 1. The van der Waals surface area contributed by atoms with E-state index in [0.717, 1.165) is 0 Å². The van der Waals surface area contributed by atoms with Crippen molar-refractivity contribution in [3.8, 4) is 0 Å². The predicted molar refractivity (Wildman–Crippen MR) is 58.1 cm³/mol. The highest BCUT2D eigenvalue weighted by Gasteiger charge is 2.12. The summed E-state index contributed by atoms with van der Waals surface area (Å²) in [6.45, 7) is 2.05. The van der Waals surface area contributed by atoms with Crippen LogP contribution in [-0.2, 0) is 7.05 Å². The number of nitrogens with zero attached hydrogens (tertiary/aromatic N) is 3. The Kier molecular flexibility index (Phi) is 3.87. The summed E-state index contributed by atoms with van der Waals surface area (Å²) in [5, 5.41) is 14.0. The van der Waals surface area contributed by atoms with Crippen molar-refractivity contribution in [3.63, 3.8) is 0 Å². The first-order valence-electron chi connectivity index (χ1n) is 4.78. The minimum absolute atomic E-state index is 0.0882. The van der Waals surface area contributed by atoms with Gasteiger partial charge in [0.15, 0.2) is 0 Å². The molecule has 1 unspecified atom stereocenters. The number of aromatic nitrogens is 2. The molecule has 1 aromatic heterocycles. The van der Waals surface area contributed by atoms with E-state index in [0.29, 0.717) is 12.2 Å². The van der Waals surface area contributed by atoms with Crippen LogP contribution in [-0.4, -0.2) is 33.0 Å². The van der Waals surface area contributed by atoms with Crippen molar-refractivity contribution < 1.29 is 10.0 Å². The lowest BCUT2D eigenvalue weighted by atomic mass is 10.1. The second kappa shape index (κ2) is 5.15. The van der Waals surface area contributed by atoms with Gasteiger partial charge in [-0.1, -0.05) is 12.1 Å². The van der Waals surface area contributed by atoms with Crippen molar-refractivity contribution >= 4 is 11.7 Å². The maximum absolute atomic E-state index is 11.6. The van der Waals surface area contributed by atoms with E-state index in [1.165, 1.54) is 6.20 Å². The molecule has 4 N–H and O–H groups in total. The van der Waals surface area contributed by atoms with Crippen LogP contribution in [0.1, 0.15) is 17.4 Å². The average Bonchev–Trinajstić information content (AvgIpc) is 2.70. The Labute approximate surface area is 93.0 Å². The quantitative estimate of drug-likeness (QED) is 0.279. The molecule has 1 atom stereocenters. The third kappa shape index (κ3) is 2.72. The van der Waals surface area contributed by atoms with Crippen molar-refractivity contribution in [3.05, 3.63) is 18.2 Å². The molecule has 0 aliphatic heterocycles. The normalized spacial score (nSPS) is 13.5. The highest BCUT2D eigenvalue weighted by atomic mass is 16.4. The van der Waals surface area contributed by atoms with E-state index in [4.69, 9.17) is 10.9 Å². The van der Waals surface area contributed by atoms with Gasteiger partial charge in [0.1, 0.15) is 11.5 Å². The first kappa shape index (κ1) is 12.0. The number of carbonyl (C=O) groups is 1. The fraction of sp³-hybridized carbons (Fsp3) is 0.444. The Hall–Kier alpha value is -2.05. The molecule has 1 amide bonds. The van der Waals surface area contributed by atoms with Gasteiger partial charge in [-0.3, -0.25) is 4.79 Å². The SMILES string of the molecule is CC(CNC(=O)c1cncn1C)C(N)=NO. The topological polar surface area (TPSA) is 106 Å². The first-order chi connectivity index (χ1) is 7.56. The number of amidine groups is 1. The smallest absolute Gasteiger partial charge is 0.269 e. The summed E-state index contributed by atoms with van der Waals surface area (Å²) in [5.74, 6) is -0.370. The molecule has 0 bridgehead atoms. The van der Waals surface area contributed by atoms with Gasteiger partial charge in [-0.15, -0.1) is 0 Å². The molecule has 0 aliphatic carbocycles. The zero-order valence-electron chi connectivity index (χ0n) is 9.21. The number of nitrogens with two attached hydrogens (primary N) is 1. The molecule has 1 rings (SSSR count). The number of hydrogen-bond acceptors (Lipinski definition) is 4. The largest absolute Gasteiger partial charge is 0.409 e. The summed E-state index contributed by atoms with van der Waals surface area (Å²) in [7, 11) is 1.73. The Morgan fingerprint density at radius 1 is 1.81 bits per heavy atom. The van der Waals surface area contributed by atoms with E-state index in [2.05, 4.69) is 15.5 Å². The van der Waals surface area contributed by atoms with Gasteiger partial charge >= 0.3 is 0 Å². The number of oxime groups is 1. The van der Waals surface area contributed by atoms with Crippen LogP contribution in [0.3, 0.4) is 0 Å². The van der Waals surface area contributed by atoms with E-state index in [1.807, 2.05) is 0 Å². The van der Waals surface area contributed by atoms with Gasteiger partial charge < -0.3 is 20.8 Å². The van der Waals surface area contributed by atoms with Crippen LogP contribution < -0.4 is 11.1 Å². The summed E-state index contributed by atoms with van der Waals surface area (Å²) in [6, 6.07) is 0. The second-order valence-electron chi connectivity index (χ2n) is 3.53. The third-order valence-electron chi connectivity index (χ3n) is 2.24. The van der Waals surface area contributed by atoms with E-state index in [1.54, 1.807) is 24.9 Å². The molecule has 0 aromatic carbocycles. The lowest BCUT2D eigenvalue weighted by molar-refractivity contribution is 0.0943. The predicted octanol–water partition coefficient (Wildman–Crippen LogP) is -0.468. The maximum Gasteiger partial charge on any atom is 0.269 e. The molecule has 0 saturated carbocycles. The van der Waals surface area contributed by atoms with Gasteiger partial charge in [-0.05, 0) is 0 Å². The molecule has 7 heteroatoms. The Balaban J connectivity index is 2.51. The molecule has 7 nitrogen and oxygen atoms in total. The minimum atomic E-state index is -0.238. The lowest BCUT2D eigenvalue weighted by Crippen LogP contribution is -2.35. The average molecular weight is 225 g/mol. The van der Waals surface area contributed by atoms with Crippen molar-refractivity contribution in [2.75, 3.05) is 6.54 Å². The molecular weight excluding hydrogens is 210 g/mol. The van der Waals surface area contributed by atoms with E-state index in [9.17, 15) is 4.79 Å². The molecule has 1 aromatic rings. The third-order valence-corrected chi connectivity index (χ3v) is 2.24. The van der Waals surface area contributed by atoms with Crippen LogP contribution in [0.15, 0.2) is 17.7 Å². The minimum Gasteiger partial charge on any atom is -0.409 e. The number of rotatable bonds is 4. The Morgan fingerprint density at radius 2 is 2.50 bits per heavy atom. The summed E-state index contributed by atoms with van der Waals surface area (Å²) in [5.41, 5.74) is 5.85. The number of hydrogen-bond donors (Lipinski definition) is 3. The standard InChI is InChI=1S/C9H15N5O2/c1-6(8(10)13-16)3-12-9(15)7-4-11-5-14(7)2/h4-6,16H,3H2,1-2H3,(H2,10,13)(H,12,15). The van der Waals surface area contributed by atoms with Gasteiger partial charge in [-0.25, -0.2) is 4.98 Å². The van der Waals surface area contributed by atoms with E-state index < -0.39 is 0 Å². The van der Waals surface area contributed by atoms with Gasteiger partial charge in [0.2, 0.25) is 0 Å². The fourth-order valence-corrected chi connectivity index (χ4v) is 1.12. The molecular formula is C9H15N5O2. The van der Waals surface area contributed by atoms with Crippen LogP contribution in [0, 0.1) is 5.92 Å². The molecule has 0 radical (unpaired) electrons. The molecule has 0 spiro atoms. The molecule has 0 fully saturated rings. The number of carbonyl (C=O) groups excluding carboxylic acids is 1. The molecule has 88 valence electrons. The highest BCUT2D eigenvalue weighted by molar-refractivity contribution is 5.92. The van der Waals surface area contributed by atoms with Gasteiger partial charge in [0.05, 0.1) is 12.5 Å². The van der Waals surface area contributed by atoms with Gasteiger partial charge in [0.25, 0.3) is 5.91 Å². The van der Waals surface area contributed by atoms with E-state index >= 15 is 0 Å². The van der Waals surface area contributed by atoms with Crippen LogP contribution in [0.2, 0.25) is 0 Å². The Morgan fingerprint density at radius 3 is 3.00 bits per heavy atom. The maximum atomic E-state index is 11.6. The molecule has 1 heterocycles. The van der Waals surface area contributed by atoms with Crippen molar-refractivity contribution in [1.29, 1.82) is 0 Å². The number of nitrogens with one attached hydrogen (secondary N) is 1. The molecule has 16 heavy (non-hydrogen) atoms. The summed E-state index contributed by atoms with van der Waals surface area (Å²) in [4.78, 5) is 15.5. The van der Waals surface area contributed by atoms with Crippen molar-refractivity contribution in [1.82, 2.24) is 14.9 Å². The summed E-state index contributed by atoms with van der Waals surface area (Å²) >= 11 is 0. The monoisotopic (exact) mass is 225 g/mol. The summed E-state index contributed by atoms with van der Waals surface area (Å²) in [6.07, 6.45) is 3.02. The van der Waals surface area contributed by atoms with Crippen LogP contribution in [0.25, 0.3) is 0 Å². The zero-order chi connectivity index (χ0) is 12.1. The van der Waals surface area contributed by atoms with Crippen LogP contribution in [0.4, 0.5) is 0 Å². The molecule has 0 saturated heterocycles. The fourth-order valence-electron chi connectivity index (χ4n) is 1.12. The van der Waals surface area contributed by atoms with E-state index in [-0.39, 0.29) is 17.7 Å². The van der Waals surface area contributed by atoms with Crippen LogP contribution in [0.5, 0.6) is 0 Å². The zero-order valence-corrected chi connectivity index (χ0v) is 9.21. The van der Waals surface area contributed by atoms with Crippen molar-refractivity contribution in [2.45, 2.75) is 6.92 Å². The highest BCUT2D eigenvalue weighted by Crippen LogP contribution is 1.97. The molecule has 0 aliphatic rings. The lowest BCUT2D eigenvalue weighted by Gasteiger charge is -2.10. The summed E-state index contributed by atoms with van der Waals surface area (Å²) < 4.78 is 1.61. The van der Waals surface area contributed by atoms with Gasteiger partial charge in [0, 0.05) is 19.5 Å². The Bertz CT molecular complexity index is 398. The number of imidazole rings is 1.